The Labute approximate surface area is 137 Å². The van der Waals surface area contributed by atoms with Crippen molar-refractivity contribution in [2.75, 3.05) is 0 Å². The van der Waals surface area contributed by atoms with Crippen LogP contribution in [0.2, 0.25) is 0 Å². The molecule has 0 spiro atoms. The molecule has 0 amide bonds. The first-order chi connectivity index (χ1) is 9.93. The average Bonchev–Trinajstić information content (AvgIpc) is 2.72. The Bertz CT molecular complexity index is 928. The van der Waals surface area contributed by atoms with Crippen LogP contribution in [0.4, 0.5) is 0 Å². The first kappa shape index (κ1) is 14.5. The number of fused-ring (bicyclic) bond motifs is 1. The van der Waals surface area contributed by atoms with Crippen molar-refractivity contribution >= 4 is 43.6 Å². The third-order valence-electron chi connectivity index (χ3n) is 3.43. The maximum absolute atomic E-state index is 12.9. The summed E-state index contributed by atoms with van der Waals surface area (Å²) in [6, 6.07) is 10.6. The summed E-state index contributed by atoms with van der Waals surface area (Å²) in [5.74, 6) is 0. The van der Waals surface area contributed by atoms with Gasteiger partial charge < -0.3 is 0 Å². The van der Waals surface area contributed by atoms with E-state index in [1.54, 1.807) is 30.5 Å². The lowest BCUT2D eigenvalue weighted by Gasteiger charge is -2.09. The molecule has 0 fully saturated rings. The van der Waals surface area contributed by atoms with Crippen LogP contribution in [-0.4, -0.2) is 17.4 Å². The number of hydrogen-bond acceptors (Lipinski definition) is 3. The highest BCUT2D eigenvalue weighted by Crippen LogP contribution is 2.29. The van der Waals surface area contributed by atoms with E-state index in [4.69, 9.17) is 0 Å². The van der Waals surface area contributed by atoms with Crippen LogP contribution in [0.3, 0.4) is 0 Å². The van der Waals surface area contributed by atoms with Crippen molar-refractivity contribution in [2.45, 2.75) is 18.7 Å². The van der Waals surface area contributed by atoms with Gasteiger partial charge in [-0.05, 0) is 66.3 Å². The van der Waals surface area contributed by atoms with Gasteiger partial charge in [0, 0.05) is 11.6 Å². The Morgan fingerprint density at radius 3 is 2.43 bits per heavy atom. The van der Waals surface area contributed by atoms with Gasteiger partial charge in [0.25, 0.3) is 10.0 Å². The molecule has 3 aromatic rings. The molecular weight excluding hydrogens is 399 g/mol. The van der Waals surface area contributed by atoms with Crippen molar-refractivity contribution in [3.8, 4) is 0 Å². The summed E-state index contributed by atoms with van der Waals surface area (Å²) in [5, 5.41) is 0.859. The standard InChI is InChI=1S/C15H13IN2O2S/c1-10-5-7-12(8-6-10)21(19,20)18-14(16)11(2)13-4-3-9-17-15(13)18/h3-9H,1-2H3. The fourth-order valence-corrected chi connectivity index (χ4v) is 4.95. The summed E-state index contributed by atoms with van der Waals surface area (Å²) in [5.41, 5.74) is 2.42. The highest BCUT2D eigenvalue weighted by molar-refractivity contribution is 14.1. The highest BCUT2D eigenvalue weighted by Gasteiger charge is 2.24. The Balaban J connectivity index is 2.34. The van der Waals surface area contributed by atoms with Gasteiger partial charge in [-0.15, -0.1) is 0 Å². The van der Waals surface area contributed by atoms with Crippen LogP contribution < -0.4 is 0 Å². The molecule has 0 aliphatic rings. The summed E-state index contributed by atoms with van der Waals surface area (Å²) in [7, 11) is -3.65. The zero-order valence-corrected chi connectivity index (χ0v) is 14.5. The summed E-state index contributed by atoms with van der Waals surface area (Å²) < 4.78 is 27.8. The fourth-order valence-electron chi connectivity index (χ4n) is 2.24. The molecule has 0 aliphatic carbocycles. The van der Waals surface area contributed by atoms with Crippen molar-refractivity contribution in [3.05, 3.63) is 57.4 Å². The number of rotatable bonds is 2. The molecule has 1 aromatic carbocycles. The molecule has 0 saturated heterocycles. The second kappa shape index (κ2) is 5.10. The normalized spacial score (nSPS) is 12.0. The van der Waals surface area contributed by atoms with E-state index < -0.39 is 10.0 Å². The van der Waals surface area contributed by atoms with Crippen molar-refractivity contribution in [1.82, 2.24) is 8.96 Å². The van der Waals surface area contributed by atoms with Gasteiger partial charge in [0.15, 0.2) is 5.65 Å². The number of halogens is 1. The van der Waals surface area contributed by atoms with Crippen molar-refractivity contribution in [1.29, 1.82) is 0 Å². The number of benzene rings is 1. The molecule has 3 rings (SSSR count). The minimum atomic E-state index is -3.65. The number of hydrogen-bond donors (Lipinski definition) is 0. The van der Waals surface area contributed by atoms with Crippen LogP contribution in [0.1, 0.15) is 11.1 Å². The number of aromatic nitrogens is 2. The third kappa shape index (κ3) is 2.26. The Morgan fingerprint density at radius 2 is 1.76 bits per heavy atom. The lowest BCUT2D eigenvalue weighted by molar-refractivity contribution is 0.587. The van der Waals surface area contributed by atoms with Gasteiger partial charge in [-0.2, -0.15) is 0 Å². The van der Waals surface area contributed by atoms with Gasteiger partial charge in [-0.1, -0.05) is 17.7 Å². The summed E-state index contributed by atoms with van der Waals surface area (Å²) in [6.45, 7) is 3.84. The second-order valence-electron chi connectivity index (χ2n) is 4.87. The first-order valence-corrected chi connectivity index (χ1v) is 8.88. The first-order valence-electron chi connectivity index (χ1n) is 6.36. The minimum absolute atomic E-state index is 0.272. The zero-order valence-electron chi connectivity index (χ0n) is 11.5. The van der Waals surface area contributed by atoms with Gasteiger partial charge in [-0.3, -0.25) is 0 Å². The summed E-state index contributed by atoms with van der Waals surface area (Å²) in [6.07, 6.45) is 1.61. The van der Waals surface area contributed by atoms with Crippen molar-refractivity contribution in [3.63, 3.8) is 0 Å². The van der Waals surface area contributed by atoms with E-state index in [9.17, 15) is 8.42 Å². The molecule has 4 nitrogen and oxygen atoms in total. The molecule has 0 radical (unpaired) electrons. The smallest absolute Gasteiger partial charge is 0.237 e. The van der Waals surface area contributed by atoms with Crippen LogP contribution in [0.5, 0.6) is 0 Å². The highest BCUT2D eigenvalue weighted by atomic mass is 127. The summed E-state index contributed by atoms with van der Waals surface area (Å²) in [4.78, 5) is 4.52. The van der Waals surface area contributed by atoms with E-state index in [1.165, 1.54) is 3.97 Å². The fraction of sp³-hybridized carbons (Fsp3) is 0.133. The molecule has 0 aliphatic heterocycles. The Morgan fingerprint density at radius 1 is 1.10 bits per heavy atom. The van der Waals surface area contributed by atoms with E-state index >= 15 is 0 Å². The molecule has 0 atom stereocenters. The zero-order chi connectivity index (χ0) is 15.2. The third-order valence-corrected chi connectivity index (χ3v) is 6.75. The molecule has 2 heterocycles. The molecule has 6 heteroatoms. The SMILES string of the molecule is Cc1ccc(S(=O)(=O)n2c(I)c(C)c3cccnc32)cc1. The maximum Gasteiger partial charge on any atom is 0.270 e. The minimum Gasteiger partial charge on any atom is -0.237 e. The van der Waals surface area contributed by atoms with Gasteiger partial charge in [0.1, 0.15) is 3.70 Å². The molecule has 108 valence electrons. The van der Waals surface area contributed by atoms with Gasteiger partial charge in [-0.25, -0.2) is 17.4 Å². The quantitative estimate of drug-likeness (QED) is 0.606. The Kier molecular flexibility index (Phi) is 3.53. The maximum atomic E-state index is 12.9. The van der Waals surface area contributed by atoms with Crippen molar-refractivity contribution < 1.29 is 8.42 Å². The van der Waals surface area contributed by atoms with Gasteiger partial charge in [0.05, 0.1) is 4.90 Å². The predicted octanol–water partition coefficient (Wildman–Crippen LogP) is 3.49. The average molecular weight is 412 g/mol. The molecule has 21 heavy (non-hydrogen) atoms. The monoisotopic (exact) mass is 412 g/mol. The predicted molar refractivity (Wildman–Crippen MR) is 90.9 cm³/mol. The summed E-state index contributed by atoms with van der Waals surface area (Å²) >= 11 is 2.06. The van der Waals surface area contributed by atoms with E-state index in [2.05, 4.69) is 27.6 Å². The van der Waals surface area contributed by atoms with Gasteiger partial charge in [0.2, 0.25) is 0 Å². The molecule has 0 unspecified atom stereocenters. The molecule has 0 bridgehead atoms. The van der Waals surface area contributed by atoms with Crippen LogP contribution in [0, 0.1) is 17.5 Å². The number of pyridine rings is 1. The van der Waals surface area contributed by atoms with Crippen LogP contribution >= 0.6 is 22.6 Å². The van der Waals surface area contributed by atoms with Crippen LogP contribution in [-0.2, 0) is 10.0 Å². The van der Waals surface area contributed by atoms with E-state index in [0.29, 0.717) is 9.35 Å². The van der Waals surface area contributed by atoms with Crippen LogP contribution in [0.25, 0.3) is 11.0 Å². The van der Waals surface area contributed by atoms with E-state index in [0.717, 1.165) is 16.5 Å². The molecular formula is C15H13IN2O2S. The lowest BCUT2D eigenvalue weighted by Crippen LogP contribution is -2.15. The molecule has 0 N–H and O–H groups in total. The second-order valence-corrected chi connectivity index (χ2v) is 7.68. The van der Waals surface area contributed by atoms with Crippen molar-refractivity contribution in [2.24, 2.45) is 0 Å². The lowest BCUT2D eigenvalue weighted by atomic mass is 10.2. The largest absolute Gasteiger partial charge is 0.270 e. The topological polar surface area (TPSA) is 52.0 Å². The van der Waals surface area contributed by atoms with E-state index in [1.807, 2.05) is 26.0 Å². The van der Waals surface area contributed by atoms with Crippen LogP contribution in [0.15, 0.2) is 47.5 Å². The van der Waals surface area contributed by atoms with Gasteiger partial charge >= 0.3 is 0 Å². The number of aryl methyl sites for hydroxylation is 2. The Hall–Kier alpha value is -1.41. The molecule has 2 aromatic heterocycles. The number of nitrogens with zero attached hydrogens (tertiary/aromatic N) is 2. The van der Waals surface area contributed by atoms with E-state index in [-0.39, 0.29) is 4.90 Å². The molecule has 0 saturated carbocycles.